The molecule has 0 radical (unpaired) electrons. The number of nitrogens with zero attached hydrogens (tertiary/aromatic N) is 1. The number of methoxy groups -OCH3 is 1. The summed E-state index contributed by atoms with van der Waals surface area (Å²) in [7, 11) is 1.56. The highest BCUT2D eigenvalue weighted by Gasteiger charge is 2.50. The number of ether oxygens (including phenoxy) is 3. The summed E-state index contributed by atoms with van der Waals surface area (Å²) < 4.78 is 15.8. The number of ketones is 1. The predicted octanol–water partition coefficient (Wildman–Crippen LogP) is -0.184. The second kappa shape index (κ2) is 14.1. The minimum atomic E-state index is -1.01. The molecule has 4 atom stereocenters. The summed E-state index contributed by atoms with van der Waals surface area (Å²) in [5, 5.41) is 8.21. The van der Waals surface area contributed by atoms with Gasteiger partial charge in [-0.3, -0.25) is 24.1 Å². The number of carbonyl (C=O) groups is 4. The number of carbonyl (C=O) groups excluding carboxylic acids is 4. The van der Waals surface area contributed by atoms with Gasteiger partial charge in [0.05, 0.1) is 33.5 Å². The number of amides is 3. The highest BCUT2D eigenvalue weighted by atomic mass is 16.6. The van der Waals surface area contributed by atoms with Crippen molar-refractivity contribution in [3.8, 4) is 17.6 Å². The zero-order valence-corrected chi connectivity index (χ0v) is 23.0. The Hall–Kier alpha value is -3.46. The molecule has 2 aliphatic heterocycles. The first-order valence-electron chi connectivity index (χ1n) is 13.1. The topological polar surface area (TPSA) is 139 Å². The molecule has 0 aromatic heterocycles. The van der Waals surface area contributed by atoms with Gasteiger partial charge in [0.25, 0.3) is 0 Å². The van der Waals surface area contributed by atoms with Gasteiger partial charge in [-0.2, -0.15) is 0 Å². The minimum absolute atomic E-state index is 0.122. The van der Waals surface area contributed by atoms with Crippen molar-refractivity contribution in [3.63, 3.8) is 0 Å². The molecule has 2 fully saturated rings. The van der Waals surface area contributed by atoms with E-state index in [1.165, 1.54) is 0 Å². The number of hydrogen-bond acceptors (Lipinski definition) is 8. The molecule has 11 nitrogen and oxygen atoms in total. The van der Waals surface area contributed by atoms with Crippen molar-refractivity contribution in [3.05, 3.63) is 29.8 Å². The molecule has 0 aliphatic carbocycles. The van der Waals surface area contributed by atoms with Crippen LogP contribution in [0, 0.1) is 11.8 Å². The van der Waals surface area contributed by atoms with Gasteiger partial charge in [-0.1, -0.05) is 12.1 Å². The van der Waals surface area contributed by atoms with Crippen LogP contribution >= 0.6 is 0 Å². The predicted molar refractivity (Wildman–Crippen MR) is 143 cm³/mol. The summed E-state index contributed by atoms with van der Waals surface area (Å²) in [6, 6.07) is 4.32. The quantitative estimate of drug-likeness (QED) is 0.231. The van der Waals surface area contributed by atoms with Gasteiger partial charge in [0.15, 0.2) is 5.78 Å². The van der Waals surface area contributed by atoms with Gasteiger partial charge >= 0.3 is 0 Å². The molecule has 1 aromatic rings. The molecular weight excluding hydrogens is 504 g/mol. The molecule has 0 bridgehead atoms. The molecule has 212 valence electrons. The first kappa shape index (κ1) is 30.1. The zero-order chi connectivity index (χ0) is 28.4. The molecule has 11 heteroatoms. The molecule has 3 rings (SSSR count). The molecule has 2 heterocycles. The number of epoxide rings is 1. The van der Waals surface area contributed by atoms with E-state index in [9.17, 15) is 19.2 Å². The molecule has 1 aromatic carbocycles. The van der Waals surface area contributed by atoms with Crippen LogP contribution in [0.15, 0.2) is 24.3 Å². The Morgan fingerprint density at radius 2 is 1.69 bits per heavy atom. The minimum Gasteiger partial charge on any atom is -0.497 e. The third kappa shape index (κ3) is 9.06. The maximum absolute atomic E-state index is 13.4. The Labute approximate surface area is 229 Å². The van der Waals surface area contributed by atoms with Crippen LogP contribution < -0.4 is 20.7 Å². The standard InChI is InChI=1S/C28H38N4O7/c1-5-6-7-22(25(34)28(3)18-39-28)30-27(36)23(16-20-8-10-21(37-4)11-9-20)31-26(35)19(2)29-24(33)17-32-12-14-38-15-13-32/h8-11,19,22-23H,7,12-18H2,1-4H3,(H,29,33)(H,30,36)(H,31,35). The SMILES string of the molecule is CC#CCC(NC(=O)C(Cc1ccc(OC)cc1)NC(=O)C(C)NC(=O)CN1CCOCC1)C(=O)C1(C)CO1. The van der Waals surface area contributed by atoms with E-state index in [1.54, 1.807) is 52.1 Å². The maximum Gasteiger partial charge on any atom is 0.243 e. The Morgan fingerprint density at radius 3 is 2.28 bits per heavy atom. The lowest BCUT2D eigenvalue weighted by Gasteiger charge is -2.27. The second-order valence-electron chi connectivity index (χ2n) is 9.87. The van der Waals surface area contributed by atoms with Gasteiger partial charge in [-0.05, 0) is 38.5 Å². The van der Waals surface area contributed by atoms with E-state index in [0.717, 1.165) is 5.56 Å². The van der Waals surface area contributed by atoms with Crippen molar-refractivity contribution in [2.45, 2.75) is 57.3 Å². The molecule has 4 unspecified atom stereocenters. The van der Waals surface area contributed by atoms with Gasteiger partial charge in [0.1, 0.15) is 29.5 Å². The summed E-state index contributed by atoms with van der Waals surface area (Å²) >= 11 is 0. The molecule has 0 saturated carbocycles. The van der Waals surface area contributed by atoms with E-state index in [2.05, 4.69) is 27.8 Å². The molecular formula is C28H38N4O7. The van der Waals surface area contributed by atoms with Crippen molar-refractivity contribution < 1.29 is 33.4 Å². The summed E-state index contributed by atoms with van der Waals surface area (Å²) in [5.41, 5.74) is -0.171. The number of nitrogens with one attached hydrogen (secondary N) is 3. The zero-order valence-electron chi connectivity index (χ0n) is 23.0. The normalized spacial score (nSPS) is 20.8. The molecule has 0 spiro atoms. The van der Waals surface area contributed by atoms with Gasteiger partial charge in [0.2, 0.25) is 17.7 Å². The fourth-order valence-corrected chi connectivity index (χ4v) is 4.12. The molecule has 2 aliphatic rings. The Bertz CT molecular complexity index is 1090. The van der Waals surface area contributed by atoms with E-state index in [4.69, 9.17) is 14.2 Å². The van der Waals surface area contributed by atoms with Crippen molar-refractivity contribution in [1.82, 2.24) is 20.9 Å². The van der Waals surface area contributed by atoms with E-state index < -0.39 is 35.5 Å². The van der Waals surface area contributed by atoms with Gasteiger partial charge < -0.3 is 30.2 Å². The van der Waals surface area contributed by atoms with Crippen molar-refractivity contribution in [1.29, 1.82) is 0 Å². The lowest BCUT2D eigenvalue weighted by Crippen LogP contribution is -2.57. The van der Waals surface area contributed by atoms with E-state index in [-0.39, 0.29) is 37.7 Å². The van der Waals surface area contributed by atoms with Crippen LogP contribution in [0.1, 0.15) is 32.8 Å². The van der Waals surface area contributed by atoms with Gasteiger partial charge in [-0.15, -0.1) is 11.8 Å². The lowest BCUT2D eigenvalue weighted by atomic mass is 9.97. The smallest absolute Gasteiger partial charge is 0.243 e. The fraction of sp³-hybridized carbons (Fsp3) is 0.571. The van der Waals surface area contributed by atoms with Crippen molar-refractivity contribution >= 4 is 23.5 Å². The number of morpholine rings is 1. The van der Waals surface area contributed by atoms with Crippen LogP contribution in [0.5, 0.6) is 5.75 Å². The number of rotatable bonds is 13. The van der Waals surface area contributed by atoms with E-state index in [1.807, 2.05) is 4.90 Å². The van der Waals surface area contributed by atoms with Crippen LogP contribution in [0.3, 0.4) is 0 Å². The van der Waals surface area contributed by atoms with Crippen molar-refractivity contribution in [2.24, 2.45) is 0 Å². The number of Topliss-reactive ketones (excluding diaryl/α,β-unsaturated/α-hetero) is 1. The highest BCUT2D eigenvalue weighted by Crippen LogP contribution is 2.29. The number of benzene rings is 1. The third-order valence-corrected chi connectivity index (χ3v) is 6.69. The highest BCUT2D eigenvalue weighted by molar-refractivity contribution is 5.98. The largest absolute Gasteiger partial charge is 0.497 e. The molecule has 3 amide bonds. The summed E-state index contributed by atoms with van der Waals surface area (Å²) in [6.45, 7) is 7.73. The van der Waals surface area contributed by atoms with Crippen LogP contribution in [-0.4, -0.2) is 98.7 Å². The third-order valence-electron chi connectivity index (χ3n) is 6.69. The summed E-state index contributed by atoms with van der Waals surface area (Å²) in [5.74, 6) is 4.63. The first-order chi connectivity index (χ1) is 18.6. The monoisotopic (exact) mass is 542 g/mol. The number of hydrogen-bond donors (Lipinski definition) is 3. The summed E-state index contributed by atoms with van der Waals surface area (Å²) in [6.07, 6.45) is 0.279. The van der Waals surface area contributed by atoms with Crippen LogP contribution in [0.25, 0.3) is 0 Å². The second-order valence-corrected chi connectivity index (χ2v) is 9.87. The van der Waals surface area contributed by atoms with Crippen LogP contribution in [0.4, 0.5) is 0 Å². The molecule has 2 saturated heterocycles. The molecule has 39 heavy (non-hydrogen) atoms. The Balaban J connectivity index is 1.69. The molecule has 3 N–H and O–H groups in total. The fourth-order valence-electron chi connectivity index (χ4n) is 4.12. The van der Waals surface area contributed by atoms with Crippen LogP contribution in [0.2, 0.25) is 0 Å². The Kier molecular flexibility index (Phi) is 10.9. The average Bonchev–Trinajstić information content (AvgIpc) is 3.69. The van der Waals surface area contributed by atoms with E-state index >= 15 is 0 Å². The average molecular weight is 543 g/mol. The lowest BCUT2D eigenvalue weighted by molar-refractivity contribution is -0.134. The summed E-state index contributed by atoms with van der Waals surface area (Å²) in [4.78, 5) is 53.9. The Morgan fingerprint density at radius 1 is 1.05 bits per heavy atom. The maximum atomic E-state index is 13.4. The first-order valence-corrected chi connectivity index (χ1v) is 13.1. The van der Waals surface area contributed by atoms with Crippen molar-refractivity contribution in [2.75, 3.05) is 46.6 Å². The van der Waals surface area contributed by atoms with Gasteiger partial charge in [0, 0.05) is 25.9 Å². The van der Waals surface area contributed by atoms with Gasteiger partial charge in [-0.25, -0.2) is 0 Å². The van der Waals surface area contributed by atoms with E-state index in [0.29, 0.717) is 32.1 Å². The van der Waals surface area contributed by atoms with Crippen LogP contribution in [-0.2, 0) is 35.1 Å².